The number of nitrogens with zero attached hydrogens (tertiary/aromatic N) is 2. The molecule has 0 unspecified atom stereocenters. The van der Waals surface area contributed by atoms with Crippen molar-refractivity contribution in [2.75, 3.05) is 6.26 Å². The molecule has 0 bridgehead atoms. The summed E-state index contributed by atoms with van der Waals surface area (Å²) in [5, 5.41) is 17.1. The molecule has 18 heavy (non-hydrogen) atoms. The lowest BCUT2D eigenvalue weighted by atomic mass is 10.2. The van der Waals surface area contributed by atoms with Crippen LogP contribution in [0.25, 0.3) is 0 Å². The van der Waals surface area contributed by atoms with E-state index in [2.05, 4.69) is 26.1 Å². The Bertz CT molecular complexity index is 588. The molecule has 0 fully saturated rings. The summed E-state index contributed by atoms with van der Waals surface area (Å²) in [6.07, 6.45) is 1.93. The Morgan fingerprint density at radius 2 is 2.11 bits per heavy atom. The van der Waals surface area contributed by atoms with Gasteiger partial charge in [-0.05, 0) is 24.5 Å². The first kappa shape index (κ1) is 13.9. The number of hydrogen-bond donors (Lipinski definition) is 1. The second-order valence-corrected chi connectivity index (χ2v) is 7.32. The molecule has 94 valence electrons. The fourth-order valence-electron chi connectivity index (χ4n) is 1.17. The second kappa shape index (κ2) is 6.05. The molecule has 0 spiro atoms. The van der Waals surface area contributed by atoms with E-state index in [1.165, 1.54) is 34.9 Å². The fourth-order valence-corrected chi connectivity index (χ4v) is 4.03. The van der Waals surface area contributed by atoms with Gasteiger partial charge in [-0.1, -0.05) is 50.8 Å². The second-order valence-electron chi connectivity index (χ2n) is 3.09. The Morgan fingerprint density at radius 1 is 1.39 bits per heavy atom. The van der Waals surface area contributed by atoms with Gasteiger partial charge >= 0.3 is 5.97 Å². The van der Waals surface area contributed by atoms with E-state index in [-0.39, 0.29) is 5.56 Å². The van der Waals surface area contributed by atoms with E-state index >= 15 is 0 Å². The summed E-state index contributed by atoms with van der Waals surface area (Å²) < 4.78 is 2.35. The predicted octanol–water partition coefficient (Wildman–Crippen LogP) is 3.87. The zero-order valence-electron chi connectivity index (χ0n) is 9.08. The van der Waals surface area contributed by atoms with Gasteiger partial charge in [0.25, 0.3) is 0 Å². The number of thioether (sulfide) groups is 1. The lowest BCUT2D eigenvalue weighted by Gasteiger charge is -2.03. The van der Waals surface area contributed by atoms with Crippen LogP contribution in [0.15, 0.2) is 36.2 Å². The van der Waals surface area contributed by atoms with Crippen LogP contribution < -0.4 is 0 Å². The number of rotatable bonds is 4. The molecule has 1 aromatic heterocycles. The highest BCUT2D eigenvalue weighted by Gasteiger charge is 2.14. The Morgan fingerprint density at radius 3 is 2.72 bits per heavy atom. The van der Waals surface area contributed by atoms with Crippen LogP contribution in [-0.4, -0.2) is 27.5 Å². The van der Waals surface area contributed by atoms with Gasteiger partial charge in [0.1, 0.15) is 0 Å². The first-order valence-corrected chi connectivity index (χ1v) is 8.33. The summed E-state index contributed by atoms with van der Waals surface area (Å²) in [6, 6.07) is 5.16. The zero-order valence-corrected chi connectivity index (χ0v) is 13.1. The minimum atomic E-state index is -0.951. The van der Waals surface area contributed by atoms with Gasteiger partial charge < -0.3 is 5.11 Å². The zero-order chi connectivity index (χ0) is 13.1. The normalized spacial score (nSPS) is 10.6. The number of carboxylic acids is 1. The highest BCUT2D eigenvalue weighted by Crippen LogP contribution is 2.35. The Balaban J connectivity index is 2.30. The summed E-state index contributed by atoms with van der Waals surface area (Å²) in [6.45, 7) is 0. The summed E-state index contributed by atoms with van der Waals surface area (Å²) in [5.41, 5.74) is 0.260. The molecular formula is C10H7BrN2O2S3. The first-order chi connectivity index (χ1) is 8.60. The number of carboxylic acid groups (broad SMARTS) is 1. The maximum atomic E-state index is 11.2. The van der Waals surface area contributed by atoms with Crippen LogP contribution >= 0.6 is 50.8 Å². The molecule has 1 heterocycles. The predicted molar refractivity (Wildman–Crippen MR) is 76.9 cm³/mol. The molecule has 0 saturated heterocycles. The first-order valence-electron chi connectivity index (χ1n) is 4.68. The third kappa shape index (κ3) is 3.25. The van der Waals surface area contributed by atoms with Gasteiger partial charge in [0.2, 0.25) is 0 Å². The Labute approximate surface area is 124 Å². The lowest BCUT2D eigenvalue weighted by Crippen LogP contribution is -1.98. The molecule has 0 aliphatic carbocycles. The van der Waals surface area contributed by atoms with Crippen molar-refractivity contribution >= 4 is 56.8 Å². The van der Waals surface area contributed by atoms with Crippen LogP contribution in [0, 0.1) is 0 Å². The van der Waals surface area contributed by atoms with Crippen molar-refractivity contribution in [2.24, 2.45) is 0 Å². The number of aromatic carboxylic acids is 1. The van der Waals surface area contributed by atoms with Crippen LogP contribution in [0.4, 0.5) is 0 Å². The van der Waals surface area contributed by atoms with Crippen molar-refractivity contribution in [3.05, 3.63) is 28.2 Å². The molecule has 0 radical (unpaired) electrons. The molecule has 0 atom stereocenters. The van der Waals surface area contributed by atoms with E-state index in [0.717, 1.165) is 13.2 Å². The standard InChI is InChI=1S/C10H7BrN2O2S3/c1-16-9-12-13-10(18-9)17-7-3-2-5(11)4-6(7)8(14)15/h2-4H,1H3,(H,14,15). The maximum Gasteiger partial charge on any atom is 0.336 e. The number of benzene rings is 1. The van der Waals surface area contributed by atoms with Gasteiger partial charge in [0.15, 0.2) is 8.68 Å². The summed E-state index contributed by atoms with van der Waals surface area (Å²) in [7, 11) is 0. The molecule has 0 saturated carbocycles. The number of halogens is 1. The summed E-state index contributed by atoms with van der Waals surface area (Å²) >= 11 is 7.55. The van der Waals surface area contributed by atoms with E-state index in [4.69, 9.17) is 5.11 Å². The SMILES string of the molecule is CSc1nnc(Sc2ccc(Br)cc2C(=O)O)s1. The van der Waals surface area contributed by atoms with Crippen molar-refractivity contribution in [3.8, 4) is 0 Å². The quantitative estimate of drug-likeness (QED) is 0.832. The number of hydrogen-bond acceptors (Lipinski definition) is 6. The molecule has 0 aliphatic rings. The topological polar surface area (TPSA) is 63.1 Å². The van der Waals surface area contributed by atoms with E-state index in [1.54, 1.807) is 12.1 Å². The molecule has 0 aliphatic heterocycles. The van der Waals surface area contributed by atoms with E-state index < -0.39 is 5.97 Å². The molecule has 4 nitrogen and oxygen atoms in total. The van der Waals surface area contributed by atoms with E-state index in [0.29, 0.717) is 4.90 Å². The number of aromatic nitrogens is 2. The van der Waals surface area contributed by atoms with Gasteiger partial charge in [0, 0.05) is 9.37 Å². The molecular weight excluding hydrogens is 356 g/mol. The van der Waals surface area contributed by atoms with Crippen molar-refractivity contribution < 1.29 is 9.90 Å². The third-order valence-corrected chi connectivity index (χ3v) is 5.45. The van der Waals surface area contributed by atoms with Crippen molar-refractivity contribution in [2.45, 2.75) is 13.6 Å². The lowest BCUT2D eigenvalue weighted by molar-refractivity contribution is 0.0693. The summed E-state index contributed by atoms with van der Waals surface area (Å²) in [5.74, 6) is -0.951. The van der Waals surface area contributed by atoms with Gasteiger partial charge in [0.05, 0.1) is 5.56 Å². The van der Waals surface area contributed by atoms with Crippen molar-refractivity contribution in [1.82, 2.24) is 10.2 Å². The Kier molecular flexibility index (Phi) is 4.66. The Hall–Kier alpha value is -0.570. The maximum absolute atomic E-state index is 11.2. The van der Waals surface area contributed by atoms with Crippen LogP contribution in [0.3, 0.4) is 0 Å². The van der Waals surface area contributed by atoms with Crippen molar-refractivity contribution in [1.29, 1.82) is 0 Å². The van der Waals surface area contributed by atoms with Crippen LogP contribution in [0.2, 0.25) is 0 Å². The monoisotopic (exact) mass is 362 g/mol. The number of carbonyl (C=O) groups is 1. The molecule has 1 aromatic carbocycles. The molecule has 1 N–H and O–H groups in total. The molecule has 2 aromatic rings. The highest BCUT2D eigenvalue weighted by molar-refractivity contribution is 9.10. The van der Waals surface area contributed by atoms with Crippen LogP contribution in [0.1, 0.15) is 10.4 Å². The average molecular weight is 363 g/mol. The fraction of sp³-hybridized carbons (Fsp3) is 0.100. The highest BCUT2D eigenvalue weighted by atomic mass is 79.9. The van der Waals surface area contributed by atoms with E-state index in [9.17, 15) is 4.79 Å². The summed E-state index contributed by atoms with van der Waals surface area (Å²) in [4.78, 5) is 11.8. The minimum Gasteiger partial charge on any atom is -0.478 e. The molecule has 2 rings (SSSR count). The van der Waals surface area contributed by atoms with Crippen LogP contribution in [0.5, 0.6) is 0 Å². The largest absolute Gasteiger partial charge is 0.478 e. The smallest absolute Gasteiger partial charge is 0.336 e. The van der Waals surface area contributed by atoms with Crippen LogP contribution in [-0.2, 0) is 0 Å². The van der Waals surface area contributed by atoms with Crippen molar-refractivity contribution in [3.63, 3.8) is 0 Å². The van der Waals surface area contributed by atoms with Gasteiger partial charge in [-0.2, -0.15) is 0 Å². The molecule has 8 heteroatoms. The average Bonchev–Trinajstić information content (AvgIpc) is 2.79. The van der Waals surface area contributed by atoms with Gasteiger partial charge in [-0.25, -0.2) is 4.79 Å². The third-order valence-electron chi connectivity index (χ3n) is 1.93. The van der Waals surface area contributed by atoms with Gasteiger partial charge in [-0.15, -0.1) is 10.2 Å². The van der Waals surface area contributed by atoms with Gasteiger partial charge in [-0.3, -0.25) is 0 Å². The van der Waals surface area contributed by atoms with E-state index in [1.807, 2.05) is 12.3 Å². The minimum absolute atomic E-state index is 0.260. The molecule has 0 amide bonds.